The van der Waals surface area contributed by atoms with Crippen LogP contribution in [0.25, 0.3) is 22.9 Å². The maximum absolute atomic E-state index is 13.3. The van der Waals surface area contributed by atoms with Crippen molar-refractivity contribution in [2.45, 2.75) is 38.6 Å². The van der Waals surface area contributed by atoms with Crippen molar-refractivity contribution < 1.29 is 19.2 Å². The van der Waals surface area contributed by atoms with Gasteiger partial charge in [0.05, 0.1) is 23.0 Å². The second-order valence-electron chi connectivity index (χ2n) is 10.9. The first-order valence-electron chi connectivity index (χ1n) is 13.5. The SMILES string of the molecule is CC(C)(C)c1nc(CC(NC(=O)C=Cc2cc(Cl)ccc2-n2cnnn2)c2cc(-c3ccc(NC(=O)O)cc3)c(=O)[nH]n2)no1. The largest absolute Gasteiger partial charge is 0.465 e. The Labute approximate surface area is 260 Å². The predicted molar refractivity (Wildman–Crippen MR) is 163 cm³/mol. The lowest BCUT2D eigenvalue weighted by molar-refractivity contribution is -0.117. The van der Waals surface area contributed by atoms with Gasteiger partial charge in [-0.3, -0.25) is 14.9 Å². The monoisotopic (exact) mass is 630 g/mol. The molecule has 0 saturated heterocycles. The summed E-state index contributed by atoms with van der Waals surface area (Å²) >= 11 is 6.21. The number of H-pyrrole nitrogens is 1. The van der Waals surface area contributed by atoms with Gasteiger partial charge >= 0.3 is 6.09 Å². The van der Waals surface area contributed by atoms with Crippen molar-refractivity contribution in [1.29, 1.82) is 0 Å². The first-order valence-corrected chi connectivity index (χ1v) is 13.9. The number of amides is 2. The number of rotatable bonds is 9. The van der Waals surface area contributed by atoms with Crippen molar-refractivity contribution in [3.05, 3.63) is 99.3 Å². The number of carboxylic acid groups (broad SMARTS) is 1. The average molecular weight is 631 g/mol. The predicted octanol–water partition coefficient (Wildman–Crippen LogP) is 3.95. The van der Waals surface area contributed by atoms with Crippen LogP contribution in [-0.4, -0.2) is 57.7 Å². The van der Waals surface area contributed by atoms with Gasteiger partial charge in [-0.15, -0.1) is 5.10 Å². The highest BCUT2D eigenvalue weighted by molar-refractivity contribution is 6.30. The van der Waals surface area contributed by atoms with Crippen LogP contribution < -0.4 is 16.2 Å². The van der Waals surface area contributed by atoms with E-state index in [0.717, 1.165) is 0 Å². The first kappa shape index (κ1) is 30.7. The Morgan fingerprint density at radius 2 is 1.93 bits per heavy atom. The molecule has 2 aromatic carbocycles. The summed E-state index contributed by atoms with van der Waals surface area (Å²) in [5.41, 5.74) is 1.72. The molecule has 0 saturated carbocycles. The van der Waals surface area contributed by atoms with Gasteiger partial charge < -0.3 is 14.9 Å². The zero-order valence-electron chi connectivity index (χ0n) is 24.2. The van der Waals surface area contributed by atoms with Crippen LogP contribution in [0.4, 0.5) is 10.5 Å². The van der Waals surface area contributed by atoms with Crippen molar-refractivity contribution in [2.24, 2.45) is 0 Å². The standard InChI is InChI=1S/C29H27ClN10O5/c1-29(2,3)27-34-24(37-45-27)14-21(22-13-20(26(42)36-35-22)16-4-8-19(9-5-16)32-28(43)44)33-25(41)11-6-17-12-18(30)7-10-23(17)40-15-31-38-39-40/h4-13,15,21,32H,14H2,1-3H3,(H,33,41)(H,36,42)(H,43,44). The van der Waals surface area contributed by atoms with Gasteiger partial charge in [0, 0.05) is 34.2 Å². The highest BCUT2D eigenvalue weighted by atomic mass is 35.5. The van der Waals surface area contributed by atoms with Gasteiger partial charge in [-0.25, -0.2) is 9.89 Å². The molecule has 0 aliphatic rings. The van der Waals surface area contributed by atoms with E-state index in [1.54, 1.807) is 42.5 Å². The molecule has 0 aliphatic carbocycles. The fourth-order valence-corrected chi connectivity index (χ4v) is 4.43. The lowest BCUT2D eigenvalue weighted by Crippen LogP contribution is -2.30. The number of tetrazole rings is 1. The van der Waals surface area contributed by atoms with Crippen LogP contribution in [0.5, 0.6) is 0 Å². The van der Waals surface area contributed by atoms with Crippen molar-refractivity contribution in [2.75, 3.05) is 5.32 Å². The number of carbonyl (C=O) groups is 2. The number of hydrogen-bond acceptors (Lipinski definition) is 10. The molecule has 16 heteroatoms. The highest BCUT2D eigenvalue weighted by Crippen LogP contribution is 2.25. The fraction of sp³-hybridized carbons (Fsp3) is 0.207. The molecule has 3 heterocycles. The number of anilines is 1. The molecule has 0 aliphatic heterocycles. The second kappa shape index (κ2) is 12.9. The molecule has 5 rings (SSSR count). The van der Waals surface area contributed by atoms with Crippen LogP contribution in [0.3, 0.4) is 0 Å². The molecule has 230 valence electrons. The number of carbonyl (C=O) groups excluding carboxylic acids is 1. The molecule has 3 aromatic heterocycles. The molecule has 15 nitrogen and oxygen atoms in total. The summed E-state index contributed by atoms with van der Waals surface area (Å²) in [6, 6.07) is 12.1. The molecule has 0 fully saturated rings. The van der Waals surface area contributed by atoms with Crippen molar-refractivity contribution in [3.63, 3.8) is 0 Å². The Hall–Kier alpha value is -5.70. The molecule has 45 heavy (non-hydrogen) atoms. The summed E-state index contributed by atoms with van der Waals surface area (Å²) in [5, 5.41) is 36.6. The quantitative estimate of drug-likeness (QED) is 0.171. The van der Waals surface area contributed by atoms with Crippen molar-refractivity contribution >= 4 is 35.4 Å². The van der Waals surface area contributed by atoms with E-state index in [2.05, 4.69) is 46.5 Å². The van der Waals surface area contributed by atoms with Crippen molar-refractivity contribution in [3.8, 4) is 16.8 Å². The fourth-order valence-electron chi connectivity index (χ4n) is 4.25. The molecule has 0 spiro atoms. The minimum absolute atomic E-state index is 0.0894. The van der Waals surface area contributed by atoms with Crippen LogP contribution in [0, 0.1) is 0 Å². The van der Waals surface area contributed by atoms with Gasteiger partial charge in [0.25, 0.3) is 5.56 Å². The van der Waals surface area contributed by atoms with Gasteiger partial charge in [-0.2, -0.15) is 14.8 Å². The third-order valence-corrected chi connectivity index (χ3v) is 6.68. The zero-order valence-corrected chi connectivity index (χ0v) is 25.0. The maximum atomic E-state index is 13.3. The number of hydrogen-bond donors (Lipinski definition) is 4. The van der Waals surface area contributed by atoms with Crippen LogP contribution >= 0.6 is 11.6 Å². The number of aromatic amines is 1. The van der Waals surface area contributed by atoms with E-state index in [0.29, 0.717) is 44.9 Å². The Bertz CT molecular complexity index is 1910. The lowest BCUT2D eigenvalue weighted by Gasteiger charge is -2.16. The Morgan fingerprint density at radius 3 is 2.60 bits per heavy atom. The van der Waals surface area contributed by atoms with Crippen LogP contribution in [0.15, 0.2) is 70.3 Å². The smallest absolute Gasteiger partial charge is 0.409 e. The van der Waals surface area contributed by atoms with Gasteiger partial charge in [-0.1, -0.05) is 49.7 Å². The molecule has 4 N–H and O–H groups in total. The molecule has 0 radical (unpaired) electrons. The Balaban J connectivity index is 1.46. The topological polar surface area (TPSA) is 207 Å². The normalized spacial score (nSPS) is 12.3. The Morgan fingerprint density at radius 1 is 1.16 bits per heavy atom. The van der Waals surface area contributed by atoms with Crippen molar-refractivity contribution in [1.82, 2.24) is 45.9 Å². The number of halogens is 1. The summed E-state index contributed by atoms with van der Waals surface area (Å²) in [4.78, 5) is 41.5. The summed E-state index contributed by atoms with van der Waals surface area (Å²) in [6.45, 7) is 5.79. The van der Waals surface area contributed by atoms with E-state index >= 15 is 0 Å². The lowest BCUT2D eigenvalue weighted by atomic mass is 9.97. The van der Waals surface area contributed by atoms with E-state index in [4.69, 9.17) is 21.2 Å². The third kappa shape index (κ3) is 7.64. The van der Waals surface area contributed by atoms with E-state index in [-0.39, 0.29) is 12.0 Å². The second-order valence-corrected chi connectivity index (χ2v) is 11.3. The molecule has 0 bridgehead atoms. The van der Waals surface area contributed by atoms with Gasteiger partial charge in [0.1, 0.15) is 6.33 Å². The highest BCUT2D eigenvalue weighted by Gasteiger charge is 2.25. The molecule has 1 unspecified atom stereocenters. The van der Waals surface area contributed by atoms with Crippen LogP contribution in [0.1, 0.15) is 49.8 Å². The van der Waals surface area contributed by atoms with E-state index in [1.807, 2.05) is 20.8 Å². The first-order chi connectivity index (χ1) is 21.5. The number of nitrogens with zero attached hydrogens (tertiary/aromatic N) is 7. The van der Waals surface area contributed by atoms with Crippen LogP contribution in [0.2, 0.25) is 5.02 Å². The van der Waals surface area contributed by atoms with Crippen LogP contribution in [-0.2, 0) is 16.6 Å². The van der Waals surface area contributed by atoms with E-state index in [1.165, 1.54) is 29.2 Å². The maximum Gasteiger partial charge on any atom is 0.409 e. The van der Waals surface area contributed by atoms with Gasteiger partial charge in [0.2, 0.25) is 11.8 Å². The minimum Gasteiger partial charge on any atom is -0.465 e. The molecule has 2 amide bonds. The zero-order chi connectivity index (χ0) is 32.1. The van der Waals surface area contributed by atoms with Gasteiger partial charge in [-0.05, 0) is 58.5 Å². The number of nitrogens with one attached hydrogen (secondary N) is 3. The summed E-state index contributed by atoms with van der Waals surface area (Å²) in [5.74, 6) is 0.258. The number of benzene rings is 2. The minimum atomic E-state index is -1.21. The van der Waals surface area contributed by atoms with Gasteiger partial charge in [0.15, 0.2) is 5.82 Å². The Kier molecular flexibility index (Phi) is 8.81. The molecular weight excluding hydrogens is 604 g/mol. The molecule has 1 atom stereocenters. The molecular formula is C29H27ClN10O5. The average Bonchev–Trinajstić information content (AvgIpc) is 3.69. The number of aromatic nitrogens is 8. The summed E-state index contributed by atoms with van der Waals surface area (Å²) in [6.07, 6.45) is 3.19. The summed E-state index contributed by atoms with van der Waals surface area (Å²) in [7, 11) is 0. The molecule has 5 aromatic rings. The third-order valence-electron chi connectivity index (χ3n) is 6.44. The van der Waals surface area contributed by atoms with E-state index in [9.17, 15) is 14.4 Å². The summed E-state index contributed by atoms with van der Waals surface area (Å²) < 4.78 is 6.88. The van der Waals surface area contributed by atoms with E-state index < -0.39 is 29.0 Å².